The van der Waals surface area contributed by atoms with Gasteiger partial charge in [-0.25, -0.2) is 8.78 Å². The van der Waals surface area contributed by atoms with Gasteiger partial charge in [0.05, 0.1) is 6.04 Å². The summed E-state index contributed by atoms with van der Waals surface area (Å²) in [4.78, 5) is 27.3. The Bertz CT molecular complexity index is 907. The number of rotatable bonds is 6. The molecule has 3 rings (SSSR count). The van der Waals surface area contributed by atoms with Crippen LogP contribution < -0.4 is 5.73 Å². The van der Waals surface area contributed by atoms with Crippen molar-refractivity contribution in [3.05, 3.63) is 82.9 Å². The summed E-state index contributed by atoms with van der Waals surface area (Å²) >= 11 is 0. The summed E-state index contributed by atoms with van der Waals surface area (Å²) in [7, 11) is 0. The van der Waals surface area contributed by atoms with Gasteiger partial charge in [-0.2, -0.15) is 0 Å². The van der Waals surface area contributed by atoms with Crippen molar-refractivity contribution in [2.45, 2.75) is 44.7 Å². The summed E-state index contributed by atoms with van der Waals surface area (Å²) < 4.78 is 27.7. The quantitative estimate of drug-likeness (QED) is 0.727. The molecule has 2 atom stereocenters. The molecule has 1 aliphatic rings. The average Bonchev–Trinajstić information content (AvgIpc) is 2.71. The van der Waals surface area contributed by atoms with Crippen molar-refractivity contribution in [1.29, 1.82) is 0 Å². The maximum atomic E-state index is 13.8. The molecule has 0 unspecified atom stereocenters. The van der Waals surface area contributed by atoms with Gasteiger partial charge in [0.1, 0.15) is 17.7 Å². The number of benzene rings is 2. The molecule has 0 spiro atoms. The number of hydrogen-bond donors (Lipinski definition) is 1. The van der Waals surface area contributed by atoms with Crippen molar-refractivity contribution in [2.75, 3.05) is 0 Å². The third kappa shape index (κ3) is 4.70. The van der Waals surface area contributed by atoms with Crippen LogP contribution in [0.3, 0.4) is 0 Å². The van der Waals surface area contributed by atoms with E-state index in [1.165, 1.54) is 17.0 Å². The first-order valence-corrected chi connectivity index (χ1v) is 9.70. The van der Waals surface area contributed by atoms with E-state index >= 15 is 0 Å². The summed E-state index contributed by atoms with van der Waals surface area (Å²) in [5.41, 5.74) is 7.15. The van der Waals surface area contributed by atoms with Crippen LogP contribution in [0, 0.1) is 11.6 Å². The van der Waals surface area contributed by atoms with Gasteiger partial charge in [-0.1, -0.05) is 24.3 Å². The number of halogens is 2. The molecule has 2 amide bonds. The molecule has 2 aromatic rings. The van der Waals surface area contributed by atoms with Gasteiger partial charge in [-0.15, -0.1) is 0 Å². The van der Waals surface area contributed by atoms with Crippen molar-refractivity contribution >= 4 is 11.8 Å². The lowest BCUT2D eigenvalue weighted by molar-refractivity contribution is -0.122. The Morgan fingerprint density at radius 1 is 1.03 bits per heavy atom. The summed E-state index contributed by atoms with van der Waals surface area (Å²) in [5, 5.41) is 0. The van der Waals surface area contributed by atoms with E-state index in [9.17, 15) is 18.4 Å². The molecule has 4 nitrogen and oxygen atoms in total. The van der Waals surface area contributed by atoms with Crippen LogP contribution in [-0.2, 0) is 4.79 Å². The monoisotopic (exact) mass is 398 g/mol. The predicted octanol–water partition coefficient (Wildman–Crippen LogP) is 4.52. The molecule has 0 saturated heterocycles. The first-order valence-electron chi connectivity index (χ1n) is 9.70. The first-order chi connectivity index (χ1) is 13.9. The third-order valence-electron chi connectivity index (χ3n) is 5.26. The van der Waals surface area contributed by atoms with Crippen LogP contribution in [0.15, 0.2) is 60.2 Å². The molecule has 152 valence electrons. The fourth-order valence-corrected chi connectivity index (χ4v) is 3.83. The lowest BCUT2D eigenvalue weighted by Gasteiger charge is -2.37. The molecule has 0 fully saturated rings. The molecule has 29 heavy (non-hydrogen) atoms. The van der Waals surface area contributed by atoms with Gasteiger partial charge in [0.15, 0.2) is 0 Å². The molecular weight excluding hydrogens is 374 g/mol. The Morgan fingerprint density at radius 3 is 2.24 bits per heavy atom. The highest BCUT2D eigenvalue weighted by molar-refractivity contribution is 5.98. The third-order valence-corrected chi connectivity index (χ3v) is 5.26. The summed E-state index contributed by atoms with van der Waals surface area (Å²) in [6, 6.07) is 9.87. The Morgan fingerprint density at radius 2 is 1.69 bits per heavy atom. The zero-order valence-corrected chi connectivity index (χ0v) is 16.3. The lowest BCUT2D eigenvalue weighted by Crippen LogP contribution is -2.50. The molecule has 0 aromatic heterocycles. The molecule has 0 saturated carbocycles. The fourth-order valence-electron chi connectivity index (χ4n) is 3.83. The van der Waals surface area contributed by atoms with E-state index in [4.69, 9.17) is 5.73 Å². The van der Waals surface area contributed by atoms with Crippen LogP contribution in [0.4, 0.5) is 8.78 Å². The second-order valence-corrected chi connectivity index (χ2v) is 7.29. The molecule has 1 aliphatic carbocycles. The number of nitrogens with two attached hydrogens (primary N) is 1. The van der Waals surface area contributed by atoms with Gasteiger partial charge < -0.3 is 10.6 Å². The fraction of sp³-hybridized carbons (Fsp3) is 0.304. The standard InChI is InChI=1S/C23H24F2N2O2/c1-15(18-12-19(24)14-20(25)13-18)27(23(29)17-10-6-3-7-11-17)21(22(26)28)16-8-4-2-5-9-16/h3,6-8,10-15,21H,2,4-5,9H2,1H3,(H2,26,28)/t15-,21-/m1/s1. The second kappa shape index (κ2) is 8.99. The van der Waals surface area contributed by atoms with Gasteiger partial charge in [-0.05, 0) is 68.0 Å². The smallest absolute Gasteiger partial charge is 0.255 e. The zero-order valence-electron chi connectivity index (χ0n) is 16.3. The van der Waals surface area contributed by atoms with Crippen LogP contribution in [0.2, 0.25) is 0 Å². The summed E-state index contributed by atoms with van der Waals surface area (Å²) in [6.45, 7) is 1.65. The predicted molar refractivity (Wildman–Crippen MR) is 107 cm³/mol. The number of nitrogens with zero attached hydrogens (tertiary/aromatic N) is 1. The highest BCUT2D eigenvalue weighted by Gasteiger charge is 2.36. The highest BCUT2D eigenvalue weighted by Crippen LogP contribution is 2.32. The van der Waals surface area contributed by atoms with E-state index in [0.717, 1.165) is 30.9 Å². The van der Waals surface area contributed by atoms with Gasteiger partial charge in [0.25, 0.3) is 5.91 Å². The Kier molecular flexibility index (Phi) is 6.42. The molecule has 2 aromatic carbocycles. The van der Waals surface area contributed by atoms with E-state index in [1.807, 2.05) is 6.08 Å². The number of amides is 2. The van der Waals surface area contributed by atoms with Gasteiger partial charge in [-0.3, -0.25) is 9.59 Å². The summed E-state index contributed by atoms with van der Waals surface area (Å²) in [6.07, 6.45) is 5.30. The van der Waals surface area contributed by atoms with Crippen molar-refractivity contribution < 1.29 is 18.4 Å². The molecule has 0 aliphatic heterocycles. The lowest BCUT2D eigenvalue weighted by atomic mass is 9.90. The highest BCUT2D eigenvalue weighted by atomic mass is 19.1. The van der Waals surface area contributed by atoms with Gasteiger partial charge in [0, 0.05) is 11.6 Å². The Labute approximate surface area is 169 Å². The Balaban J connectivity index is 2.10. The maximum Gasteiger partial charge on any atom is 0.255 e. The van der Waals surface area contributed by atoms with Crippen LogP contribution in [0.25, 0.3) is 0 Å². The second-order valence-electron chi connectivity index (χ2n) is 7.29. The minimum atomic E-state index is -0.982. The molecule has 2 N–H and O–H groups in total. The van der Waals surface area contributed by atoms with E-state index < -0.39 is 35.5 Å². The maximum absolute atomic E-state index is 13.8. The SMILES string of the molecule is C[C@H](c1cc(F)cc(F)c1)N(C(=O)c1ccccc1)[C@@H](C(N)=O)C1=CCCCC1. The van der Waals surface area contributed by atoms with Crippen LogP contribution >= 0.6 is 0 Å². The molecule has 0 heterocycles. The molecule has 6 heteroatoms. The van der Waals surface area contributed by atoms with Crippen molar-refractivity contribution in [3.8, 4) is 0 Å². The average molecular weight is 398 g/mol. The first kappa shape index (κ1) is 20.7. The largest absolute Gasteiger partial charge is 0.368 e. The van der Waals surface area contributed by atoms with E-state index in [0.29, 0.717) is 12.0 Å². The van der Waals surface area contributed by atoms with Crippen molar-refractivity contribution in [1.82, 2.24) is 4.90 Å². The number of carbonyl (C=O) groups is 2. The van der Waals surface area contributed by atoms with Gasteiger partial charge >= 0.3 is 0 Å². The topological polar surface area (TPSA) is 63.4 Å². The van der Waals surface area contributed by atoms with E-state index in [-0.39, 0.29) is 5.56 Å². The van der Waals surface area contributed by atoms with Crippen molar-refractivity contribution in [2.24, 2.45) is 5.73 Å². The number of hydrogen-bond acceptors (Lipinski definition) is 2. The zero-order chi connectivity index (χ0) is 21.0. The minimum Gasteiger partial charge on any atom is -0.368 e. The number of allylic oxidation sites excluding steroid dienone is 1. The normalized spacial score (nSPS) is 15.9. The summed E-state index contributed by atoms with van der Waals surface area (Å²) in [5.74, 6) is -2.57. The van der Waals surface area contributed by atoms with E-state index in [2.05, 4.69) is 0 Å². The van der Waals surface area contributed by atoms with Crippen LogP contribution in [0.5, 0.6) is 0 Å². The Hall–Kier alpha value is -3.02. The van der Waals surface area contributed by atoms with E-state index in [1.54, 1.807) is 37.3 Å². The van der Waals surface area contributed by atoms with Crippen molar-refractivity contribution in [3.63, 3.8) is 0 Å². The minimum absolute atomic E-state index is 0.259. The molecule has 0 bridgehead atoms. The molecule has 0 radical (unpaired) electrons. The number of primary amides is 1. The molecular formula is C23H24F2N2O2. The van der Waals surface area contributed by atoms with Gasteiger partial charge in [0.2, 0.25) is 5.91 Å². The number of carbonyl (C=O) groups excluding carboxylic acids is 2. The van der Waals surface area contributed by atoms with Crippen LogP contribution in [-0.4, -0.2) is 22.8 Å². The van der Waals surface area contributed by atoms with Crippen LogP contribution in [0.1, 0.15) is 54.6 Å².